The first-order valence-electron chi connectivity index (χ1n) is 5.24. The molecule has 0 aliphatic heterocycles. The average Bonchev–Trinajstić information content (AvgIpc) is 2.20. The van der Waals surface area contributed by atoms with Crippen molar-refractivity contribution < 1.29 is 0 Å². The summed E-state index contributed by atoms with van der Waals surface area (Å²) < 4.78 is 1.02. The second-order valence-electron chi connectivity index (χ2n) is 3.99. The molecule has 84 valence electrons. The van der Waals surface area contributed by atoms with Crippen LogP contribution in [0.2, 0.25) is 5.02 Å². The third kappa shape index (κ3) is 3.78. The molecule has 1 aromatic carbocycles. The molecule has 0 amide bonds. The van der Waals surface area contributed by atoms with E-state index >= 15 is 0 Å². The Morgan fingerprint density at radius 1 is 1.47 bits per heavy atom. The second-order valence-corrected chi connectivity index (χ2v) is 5.31. The van der Waals surface area contributed by atoms with Crippen LogP contribution in [0.3, 0.4) is 0 Å². The Balaban J connectivity index is 2.72. The van der Waals surface area contributed by atoms with Crippen molar-refractivity contribution in [2.75, 3.05) is 0 Å². The van der Waals surface area contributed by atoms with E-state index in [9.17, 15) is 0 Å². The van der Waals surface area contributed by atoms with Crippen molar-refractivity contribution in [1.29, 1.82) is 0 Å². The standard InChI is InChI=1S/C12H17BrClN/c1-3-12(15)8(2)6-9-4-5-10(13)7-11(9)14/h4-5,7-8,12H,3,6,15H2,1-2H3. The molecule has 2 N–H and O–H groups in total. The van der Waals surface area contributed by atoms with Gasteiger partial charge in [-0.05, 0) is 36.5 Å². The van der Waals surface area contributed by atoms with Crippen molar-refractivity contribution in [2.24, 2.45) is 11.7 Å². The van der Waals surface area contributed by atoms with E-state index in [0.717, 1.165) is 22.3 Å². The first-order chi connectivity index (χ1) is 7.04. The summed E-state index contributed by atoms with van der Waals surface area (Å²) in [5.74, 6) is 0.466. The number of hydrogen-bond donors (Lipinski definition) is 1. The van der Waals surface area contributed by atoms with Gasteiger partial charge in [-0.25, -0.2) is 0 Å². The topological polar surface area (TPSA) is 26.0 Å². The monoisotopic (exact) mass is 289 g/mol. The number of hydrogen-bond acceptors (Lipinski definition) is 1. The molecule has 0 saturated heterocycles. The Bertz CT molecular complexity index is 327. The van der Waals surface area contributed by atoms with Gasteiger partial charge in [-0.3, -0.25) is 0 Å². The van der Waals surface area contributed by atoms with Crippen LogP contribution in [-0.4, -0.2) is 6.04 Å². The molecule has 0 radical (unpaired) electrons. The van der Waals surface area contributed by atoms with Crippen LogP contribution in [-0.2, 0) is 6.42 Å². The summed E-state index contributed by atoms with van der Waals surface area (Å²) in [5.41, 5.74) is 7.17. The Kier molecular flexibility index (Phi) is 5.10. The molecular weight excluding hydrogens is 273 g/mol. The fourth-order valence-electron chi connectivity index (χ4n) is 1.59. The van der Waals surface area contributed by atoms with Crippen molar-refractivity contribution in [1.82, 2.24) is 0 Å². The van der Waals surface area contributed by atoms with E-state index in [4.69, 9.17) is 17.3 Å². The molecule has 1 nitrogen and oxygen atoms in total. The molecule has 2 atom stereocenters. The van der Waals surface area contributed by atoms with Crippen LogP contribution in [0.15, 0.2) is 22.7 Å². The normalized spacial score (nSPS) is 15.0. The minimum absolute atomic E-state index is 0.254. The van der Waals surface area contributed by atoms with E-state index in [1.165, 1.54) is 5.56 Å². The average molecular weight is 291 g/mol. The largest absolute Gasteiger partial charge is 0.327 e. The lowest BCUT2D eigenvalue weighted by molar-refractivity contribution is 0.442. The SMILES string of the molecule is CCC(N)C(C)Cc1ccc(Br)cc1Cl. The summed E-state index contributed by atoms with van der Waals surface area (Å²) in [6, 6.07) is 6.27. The van der Waals surface area contributed by atoms with E-state index in [0.29, 0.717) is 5.92 Å². The maximum atomic E-state index is 6.15. The van der Waals surface area contributed by atoms with Gasteiger partial charge in [-0.2, -0.15) is 0 Å². The lowest BCUT2D eigenvalue weighted by Gasteiger charge is -2.18. The van der Waals surface area contributed by atoms with Crippen LogP contribution < -0.4 is 5.73 Å². The number of rotatable bonds is 4. The first-order valence-corrected chi connectivity index (χ1v) is 6.41. The first kappa shape index (κ1) is 13.0. The van der Waals surface area contributed by atoms with E-state index in [1.807, 2.05) is 12.1 Å². The van der Waals surface area contributed by atoms with Crippen LogP contribution in [0.4, 0.5) is 0 Å². The lowest BCUT2D eigenvalue weighted by atomic mass is 9.93. The molecule has 0 bridgehead atoms. The Morgan fingerprint density at radius 2 is 2.13 bits per heavy atom. The highest BCUT2D eigenvalue weighted by molar-refractivity contribution is 9.10. The van der Waals surface area contributed by atoms with Crippen molar-refractivity contribution in [3.8, 4) is 0 Å². The predicted molar refractivity (Wildman–Crippen MR) is 70.3 cm³/mol. The molecule has 1 rings (SSSR count). The maximum Gasteiger partial charge on any atom is 0.0449 e. The van der Waals surface area contributed by atoms with Gasteiger partial charge >= 0.3 is 0 Å². The van der Waals surface area contributed by atoms with E-state index in [2.05, 4.69) is 35.8 Å². The fraction of sp³-hybridized carbons (Fsp3) is 0.500. The Morgan fingerprint density at radius 3 is 2.67 bits per heavy atom. The molecule has 0 fully saturated rings. The van der Waals surface area contributed by atoms with Gasteiger partial charge in [0, 0.05) is 15.5 Å². The van der Waals surface area contributed by atoms with Crippen LogP contribution in [0.1, 0.15) is 25.8 Å². The zero-order valence-corrected chi connectivity index (χ0v) is 11.5. The van der Waals surface area contributed by atoms with Gasteiger partial charge in [0.1, 0.15) is 0 Å². The van der Waals surface area contributed by atoms with Gasteiger partial charge in [0.05, 0.1) is 0 Å². The molecule has 0 saturated carbocycles. The summed E-state index contributed by atoms with van der Waals surface area (Å²) in [7, 11) is 0. The summed E-state index contributed by atoms with van der Waals surface area (Å²) in [4.78, 5) is 0. The molecule has 3 heteroatoms. The second kappa shape index (κ2) is 5.88. The van der Waals surface area contributed by atoms with Crippen molar-refractivity contribution in [2.45, 2.75) is 32.7 Å². The predicted octanol–water partition coefficient (Wildman–Crippen LogP) is 4.02. The lowest BCUT2D eigenvalue weighted by Crippen LogP contribution is -2.28. The summed E-state index contributed by atoms with van der Waals surface area (Å²) in [6.07, 6.45) is 1.95. The van der Waals surface area contributed by atoms with Crippen molar-refractivity contribution >= 4 is 27.5 Å². The highest BCUT2D eigenvalue weighted by Crippen LogP contribution is 2.24. The molecule has 0 aliphatic carbocycles. The molecule has 0 spiro atoms. The van der Waals surface area contributed by atoms with Gasteiger partial charge in [0.15, 0.2) is 0 Å². The van der Waals surface area contributed by atoms with Crippen LogP contribution in [0, 0.1) is 5.92 Å². The zero-order chi connectivity index (χ0) is 11.4. The molecule has 0 aromatic heterocycles. The van der Waals surface area contributed by atoms with Gasteiger partial charge < -0.3 is 5.73 Å². The molecule has 15 heavy (non-hydrogen) atoms. The van der Waals surface area contributed by atoms with Gasteiger partial charge in [-0.15, -0.1) is 0 Å². The number of nitrogens with two attached hydrogens (primary N) is 1. The van der Waals surface area contributed by atoms with Gasteiger partial charge in [0.25, 0.3) is 0 Å². The Labute approximate surface area is 105 Å². The fourth-order valence-corrected chi connectivity index (χ4v) is 2.34. The smallest absolute Gasteiger partial charge is 0.0449 e. The maximum absolute atomic E-state index is 6.15. The highest BCUT2D eigenvalue weighted by atomic mass is 79.9. The molecule has 0 heterocycles. The third-order valence-electron chi connectivity index (χ3n) is 2.76. The van der Waals surface area contributed by atoms with E-state index < -0.39 is 0 Å². The quantitative estimate of drug-likeness (QED) is 0.890. The summed E-state index contributed by atoms with van der Waals surface area (Å²) in [5, 5.41) is 0.819. The van der Waals surface area contributed by atoms with E-state index in [1.54, 1.807) is 0 Å². The highest BCUT2D eigenvalue weighted by Gasteiger charge is 2.13. The molecule has 0 aliphatic rings. The Hall–Kier alpha value is -0.0500. The van der Waals surface area contributed by atoms with Gasteiger partial charge in [0.2, 0.25) is 0 Å². The summed E-state index contributed by atoms with van der Waals surface area (Å²) >= 11 is 9.55. The van der Waals surface area contributed by atoms with Crippen LogP contribution in [0.25, 0.3) is 0 Å². The van der Waals surface area contributed by atoms with Crippen LogP contribution in [0.5, 0.6) is 0 Å². The summed E-state index contributed by atoms with van der Waals surface area (Å²) in [6.45, 7) is 4.29. The van der Waals surface area contributed by atoms with Crippen molar-refractivity contribution in [3.05, 3.63) is 33.3 Å². The van der Waals surface area contributed by atoms with E-state index in [-0.39, 0.29) is 6.04 Å². The number of benzene rings is 1. The number of halogens is 2. The van der Waals surface area contributed by atoms with Crippen LogP contribution >= 0.6 is 27.5 Å². The molecular formula is C12H17BrClN. The minimum atomic E-state index is 0.254. The third-order valence-corrected chi connectivity index (χ3v) is 3.60. The molecule has 1 aromatic rings. The van der Waals surface area contributed by atoms with Gasteiger partial charge in [-0.1, -0.05) is 47.4 Å². The minimum Gasteiger partial charge on any atom is -0.327 e. The van der Waals surface area contributed by atoms with Crippen molar-refractivity contribution in [3.63, 3.8) is 0 Å². The zero-order valence-electron chi connectivity index (χ0n) is 9.13. The molecule has 2 unspecified atom stereocenters.